The first-order valence-corrected chi connectivity index (χ1v) is 8.32. The Morgan fingerprint density at radius 1 is 1.17 bits per heavy atom. The molecule has 0 heterocycles. The zero-order valence-corrected chi connectivity index (χ0v) is 14.4. The Kier molecular flexibility index (Phi) is 8.98. The third-order valence-electron chi connectivity index (χ3n) is 3.43. The fourth-order valence-corrected chi connectivity index (χ4v) is 2.06. The number of carbonyl (C=O) groups excluding carboxylic acids is 2. The van der Waals surface area contributed by atoms with Crippen LogP contribution >= 0.6 is 0 Å². The Labute approximate surface area is 139 Å². The van der Waals surface area contributed by atoms with Crippen LogP contribution in [-0.4, -0.2) is 43.5 Å². The maximum atomic E-state index is 12.0. The van der Waals surface area contributed by atoms with E-state index in [9.17, 15) is 9.59 Å². The van der Waals surface area contributed by atoms with Gasteiger partial charge in [-0.15, -0.1) is 0 Å². The third-order valence-corrected chi connectivity index (χ3v) is 3.43. The van der Waals surface area contributed by atoms with Crippen molar-refractivity contribution in [2.45, 2.75) is 39.5 Å². The molecule has 0 saturated heterocycles. The number of hydrogen-bond donors (Lipinski definition) is 1. The molecule has 1 aromatic rings. The second-order valence-electron chi connectivity index (χ2n) is 5.67. The number of nitrogens with zero attached hydrogens (tertiary/aromatic N) is 1. The number of hydrogen-bond acceptors (Lipinski definition) is 4. The summed E-state index contributed by atoms with van der Waals surface area (Å²) in [4.78, 5) is 26.0. The van der Waals surface area contributed by atoms with Gasteiger partial charge in [0.2, 0.25) is 5.91 Å². The van der Waals surface area contributed by atoms with Crippen molar-refractivity contribution in [3.8, 4) is 0 Å². The normalized spacial score (nSPS) is 10.6. The van der Waals surface area contributed by atoms with Crippen molar-refractivity contribution < 1.29 is 14.3 Å². The molecule has 1 aromatic carbocycles. The number of esters is 1. The number of rotatable bonds is 10. The lowest BCUT2D eigenvalue weighted by Gasteiger charge is -2.15. The summed E-state index contributed by atoms with van der Waals surface area (Å²) >= 11 is 0. The molecule has 0 bridgehead atoms. The molecule has 0 aliphatic rings. The number of ether oxygens (including phenoxy) is 1. The van der Waals surface area contributed by atoms with E-state index in [1.807, 2.05) is 14.0 Å². The average Bonchev–Trinajstić information content (AvgIpc) is 2.56. The van der Waals surface area contributed by atoms with Gasteiger partial charge in [0.05, 0.1) is 12.2 Å². The summed E-state index contributed by atoms with van der Waals surface area (Å²) in [6, 6.07) is 6.85. The van der Waals surface area contributed by atoms with Crippen molar-refractivity contribution in [1.82, 2.24) is 4.90 Å². The molecule has 0 aromatic heterocycles. The summed E-state index contributed by atoms with van der Waals surface area (Å²) in [5.41, 5.74) is 1.08. The van der Waals surface area contributed by atoms with Gasteiger partial charge in [0.1, 0.15) is 0 Å². The molecular formula is C18H28N2O3. The van der Waals surface area contributed by atoms with Crippen LogP contribution in [0.25, 0.3) is 0 Å². The highest BCUT2D eigenvalue weighted by Crippen LogP contribution is 2.12. The molecule has 5 heteroatoms. The molecule has 0 spiro atoms. The van der Waals surface area contributed by atoms with Crippen molar-refractivity contribution in [3.63, 3.8) is 0 Å². The summed E-state index contributed by atoms with van der Waals surface area (Å²) in [7, 11) is 2.02. The first-order chi connectivity index (χ1) is 11.1. The minimum atomic E-state index is -0.359. The molecule has 1 rings (SSSR count). The first kappa shape index (κ1) is 19.2. The standard InChI is InChI=1S/C18H28N2O3/c1-4-6-11-20(3)12-10-17(21)19-16-9-7-8-15(14-16)18(22)23-13-5-2/h7-9,14H,4-6,10-13H2,1-3H3,(H,19,21). The maximum absolute atomic E-state index is 12.0. The molecule has 1 amide bonds. The van der Waals surface area contributed by atoms with E-state index >= 15 is 0 Å². The summed E-state index contributed by atoms with van der Waals surface area (Å²) in [5, 5.41) is 2.83. The van der Waals surface area contributed by atoms with Gasteiger partial charge >= 0.3 is 5.97 Å². The average molecular weight is 320 g/mol. The molecule has 0 radical (unpaired) electrons. The highest BCUT2D eigenvalue weighted by molar-refractivity contribution is 5.94. The molecule has 23 heavy (non-hydrogen) atoms. The van der Waals surface area contributed by atoms with Gasteiger partial charge in [-0.3, -0.25) is 4.79 Å². The van der Waals surface area contributed by atoms with Crippen LogP contribution in [0.4, 0.5) is 5.69 Å². The molecule has 0 aliphatic heterocycles. The number of unbranched alkanes of at least 4 members (excludes halogenated alkanes) is 1. The smallest absolute Gasteiger partial charge is 0.338 e. The molecular weight excluding hydrogens is 292 g/mol. The molecule has 128 valence electrons. The van der Waals surface area contributed by atoms with E-state index in [-0.39, 0.29) is 11.9 Å². The quantitative estimate of drug-likeness (QED) is 0.672. The summed E-state index contributed by atoms with van der Waals surface area (Å²) in [6.07, 6.45) is 3.51. The van der Waals surface area contributed by atoms with Crippen molar-refractivity contribution in [2.75, 3.05) is 32.1 Å². The second kappa shape index (κ2) is 10.8. The van der Waals surface area contributed by atoms with Crippen LogP contribution in [0.2, 0.25) is 0 Å². The topological polar surface area (TPSA) is 58.6 Å². The van der Waals surface area contributed by atoms with E-state index in [1.165, 1.54) is 0 Å². The number of amides is 1. The van der Waals surface area contributed by atoms with E-state index in [1.54, 1.807) is 24.3 Å². The van der Waals surface area contributed by atoms with Gasteiger partial charge in [-0.05, 0) is 44.6 Å². The van der Waals surface area contributed by atoms with Gasteiger partial charge in [0.25, 0.3) is 0 Å². The molecule has 5 nitrogen and oxygen atoms in total. The number of nitrogens with one attached hydrogen (secondary N) is 1. The lowest BCUT2D eigenvalue weighted by atomic mass is 10.2. The SMILES string of the molecule is CCCCN(C)CCC(=O)Nc1cccc(C(=O)OCCC)c1. The summed E-state index contributed by atoms with van der Waals surface area (Å²) < 4.78 is 5.10. The third kappa shape index (κ3) is 7.79. The summed E-state index contributed by atoms with van der Waals surface area (Å²) in [6.45, 7) is 6.23. The fraction of sp³-hybridized carbons (Fsp3) is 0.556. The Morgan fingerprint density at radius 3 is 2.65 bits per heavy atom. The Balaban J connectivity index is 2.47. The van der Waals surface area contributed by atoms with Gasteiger partial charge < -0.3 is 15.0 Å². The van der Waals surface area contributed by atoms with Crippen molar-refractivity contribution in [2.24, 2.45) is 0 Å². The zero-order chi connectivity index (χ0) is 17.1. The number of anilines is 1. The minimum Gasteiger partial charge on any atom is -0.462 e. The second-order valence-corrected chi connectivity index (χ2v) is 5.67. The van der Waals surface area contributed by atoms with Gasteiger partial charge in [-0.1, -0.05) is 26.3 Å². The maximum Gasteiger partial charge on any atom is 0.338 e. The minimum absolute atomic E-state index is 0.0487. The van der Waals surface area contributed by atoms with Crippen LogP contribution in [0.3, 0.4) is 0 Å². The molecule has 0 fully saturated rings. The van der Waals surface area contributed by atoms with Crippen molar-refractivity contribution >= 4 is 17.6 Å². The van der Waals surface area contributed by atoms with Gasteiger partial charge in [0.15, 0.2) is 0 Å². The Bertz CT molecular complexity index is 503. The van der Waals surface area contributed by atoms with Crippen molar-refractivity contribution in [1.29, 1.82) is 0 Å². The van der Waals surface area contributed by atoms with E-state index in [0.717, 1.165) is 32.4 Å². The zero-order valence-electron chi connectivity index (χ0n) is 14.4. The molecule has 0 aliphatic carbocycles. The highest BCUT2D eigenvalue weighted by Gasteiger charge is 2.09. The van der Waals surface area contributed by atoms with Crippen molar-refractivity contribution in [3.05, 3.63) is 29.8 Å². The van der Waals surface area contributed by atoms with Crippen LogP contribution in [0.5, 0.6) is 0 Å². The summed E-state index contributed by atoms with van der Waals surface area (Å²) in [5.74, 6) is -0.408. The molecule has 0 atom stereocenters. The predicted octanol–water partition coefficient (Wildman–Crippen LogP) is 3.31. The van der Waals surface area contributed by atoms with Gasteiger partial charge in [-0.25, -0.2) is 4.79 Å². The Hall–Kier alpha value is -1.88. The highest BCUT2D eigenvalue weighted by atomic mass is 16.5. The lowest BCUT2D eigenvalue weighted by Crippen LogP contribution is -2.25. The van der Waals surface area contributed by atoms with Crippen LogP contribution in [-0.2, 0) is 9.53 Å². The molecule has 0 unspecified atom stereocenters. The largest absolute Gasteiger partial charge is 0.462 e. The van der Waals surface area contributed by atoms with Gasteiger partial charge in [-0.2, -0.15) is 0 Å². The van der Waals surface area contributed by atoms with Crippen LogP contribution < -0.4 is 5.32 Å². The van der Waals surface area contributed by atoms with E-state index in [0.29, 0.717) is 24.3 Å². The van der Waals surface area contributed by atoms with Crippen LogP contribution in [0.1, 0.15) is 49.9 Å². The first-order valence-electron chi connectivity index (χ1n) is 8.32. The van der Waals surface area contributed by atoms with E-state index in [4.69, 9.17) is 4.74 Å². The van der Waals surface area contributed by atoms with Gasteiger partial charge in [0, 0.05) is 18.7 Å². The fourth-order valence-electron chi connectivity index (χ4n) is 2.06. The lowest BCUT2D eigenvalue weighted by molar-refractivity contribution is -0.116. The van der Waals surface area contributed by atoms with Crippen LogP contribution in [0, 0.1) is 0 Å². The van der Waals surface area contributed by atoms with E-state index in [2.05, 4.69) is 17.1 Å². The van der Waals surface area contributed by atoms with E-state index < -0.39 is 0 Å². The number of carbonyl (C=O) groups is 2. The van der Waals surface area contributed by atoms with Crippen LogP contribution in [0.15, 0.2) is 24.3 Å². The molecule has 0 saturated carbocycles. The Morgan fingerprint density at radius 2 is 1.96 bits per heavy atom. The monoisotopic (exact) mass is 320 g/mol. The molecule has 1 N–H and O–H groups in total. The number of benzene rings is 1. The predicted molar refractivity (Wildman–Crippen MR) is 92.7 cm³/mol.